The van der Waals surface area contributed by atoms with E-state index in [4.69, 9.17) is 5.41 Å². The minimum Gasteiger partial charge on any atom is -0.310 e. The van der Waals surface area contributed by atoms with Crippen molar-refractivity contribution in [3.05, 3.63) is 0 Å². The summed E-state index contributed by atoms with van der Waals surface area (Å²) in [5, 5.41) is 7.06. The zero-order valence-electron chi connectivity index (χ0n) is 15.1. The number of thioether (sulfide) groups is 1. The smallest absolute Gasteiger partial charge is 0.242 e. The summed E-state index contributed by atoms with van der Waals surface area (Å²) in [6.07, 6.45) is 2.02. The van der Waals surface area contributed by atoms with Crippen LogP contribution in [0, 0.1) is 5.41 Å². The van der Waals surface area contributed by atoms with Gasteiger partial charge in [0.2, 0.25) is 11.8 Å². The average molecular weight is 319 g/mol. The van der Waals surface area contributed by atoms with Gasteiger partial charge in [-0.3, -0.25) is 14.5 Å². The molecule has 1 N–H and O–H groups in total. The first-order chi connectivity index (χ1) is 10.0. The van der Waals surface area contributed by atoms with Gasteiger partial charge in [0.15, 0.2) is 0 Å². The van der Waals surface area contributed by atoms with Crippen LogP contribution in [0.25, 0.3) is 0 Å². The molecule has 0 aromatic heterocycles. The molecular weight excluding hydrogens is 284 g/mol. The van der Waals surface area contributed by atoms with E-state index >= 15 is 0 Å². The highest BCUT2D eigenvalue weighted by atomic mass is 32.2. The Bertz CT molecular complexity index is 294. The fraction of sp³-hybridized carbons (Fsp3) is 0.812. The normalized spacial score (nSPS) is 16.0. The average Bonchev–Trinajstić information content (AvgIpc) is 2.77. The van der Waals surface area contributed by atoms with E-state index in [9.17, 15) is 9.59 Å². The van der Waals surface area contributed by atoms with Gasteiger partial charge in [0.1, 0.15) is 0 Å². The molecule has 0 aliphatic carbocycles. The monoisotopic (exact) mass is 318 g/mol. The molecule has 126 valence electrons. The van der Waals surface area contributed by atoms with Crippen LogP contribution in [-0.4, -0.2) is 40.5 Å². The maximum atomic E-state index is 11.5. The third-order valence-corrected chi connectivity index (χ3v) is 3.65. The molecule has 0 saturated carbocycles. The van der Waals surface area contributed by atoms with Crippen LogP contribution in [0.2, 0.25) is 0 Å². The minimum absolute atomic E-state index is 0.0726. The number of hydrogen-bond acceptors (Lipinski definition) is 4. The van der Waals surface area contributed by atoms with Crippen molar-refractivity contribution in [1.82, 2.24) is 4.90 Å². The van der Waals surface area contributed by atoms with Gasteiger partial charge in [0.25, 0.3) is 0 Å². The molecule has 1 fully saturated rings. The predicted molar refractivity (Wildman–Crippen MR) is 95.3 cm³/mol. The molecular formula is C16H34N2O2S. The van der Waals surface area contributed by atoms with Crippen molar-refractivity contribution in [2.24, 2.45) is 0 Å². The zero-order chi connectivity index (χ0) is 17.4. The van der Waals surface area contributed by atoms with Gasteiger partial charge in [-0.15, -0.1) is 11.8 Å². The topological polar surface area (TPSA) is 61.2 Å². The van der Waals surface area contributed by atoms with Crippen molar-refractivity contribution in [3.8, 4) is 0 Å². The highest BCUT2D eigenvalue weighted by Gasteiger charge is 2.35. The van der Waals surface area contributed by atoms with Gasteiger partial charge in [-0.05, 0) is 25.5 Å². The van der Waals surface area contributed by atoms with E-state index in [0.29, 0.717) is 12.1 Å². The van der Waals surface area contributed by atoms with Crippen molar-refractivity contribution in [2.45, 2.75) is 73.0 Å². The first kappa shape index (κ1) is 25.1. The van der Waals surface area contributed by atoms with E-state index in [2.05, 4.69) is 0 Å². The second-order valence-corrected chi connectivity index (χ2v) is 5.05. The summed E-state index contributed by atoms with van der Waals surface area (Å²) in [5.41, 5.74) is 0.668. The Morgan fingerprint density at radius 3 is 2.00 bits per heavy atom. The maximum absolute atomic E-state index is 11.5. The van der Waals surface area contributed by atoms with Crippen LogP contribution in [0.4, 0.5) is 0 Å². The van der Waals surface area contributed by atoms with E-state index in [1.807, 2.05) is 41.5 Å². The lowest BCUT2D eigenvalue weighted by Crippen LogP contribution is -2.26. The van der Waals surface area contributed by atoms with Crippen LogP contribution in [0.5, 0.6) is 0 Å². The number of amides is 2. The molecule has 1 saturated heterocycles. The number of carbonyl (C=O) groups is 2. The van der Waals surface area contributed by atoms with Crippen molar-refractivity contribution in [2.75, 3.05) is 12.8 Å². The number of carbonyl (C=O) groups excluding carboxylic acids is 2. The Morgan fingerprint density at radius 1 is 1.19 bits per heavy atom. The Hall–Kier alpha value is -0.840. The molecule has 0 spiro atoms. The van der Waals surface area contributed by atoms with Gasteiger partial charge in [0, 0.05) is 19.2 Å². The molecule has 1 unspecified atom stereocenters. The molecule has 1 aliphatic rings. The van der Waals surface area contributed by atoms with E-state index in [0.717, 1.165) is 18.6 Å². The fourth-order valence-electron chi connectivity index (χ4n) is 1.41. The number of rotatable bonds is 5. The van der Waals surface area contributed by atoms with Crippen LogP contribution in [0.15, 0.2) is 0 Å². The minimum atomic E-state index is -0.187. The van der Waals surface area contributed by atoms with E-state index < -0.39 is 0 Å². The first-order valence-corrected chi connectivity index (χ1v) is 9.03. The molecule has 1 heterocycles. The van der Waals surface area contributed by atoms with Crippen LogP contribution in [-0.2, 0) is 9.59 Å². The van der Waals surface area contributed by atoms with Crippen molar-refractivity contribution >= 4 is 29.3 Å². The van der Waals surface area contributed by atoms with Gasteiger partial charge in [-0.25, -0.2) is 0 Å². The van der Waals surface area contributed by atoms with Gasteiger partial charge in [-0.2, -0.15) is 0 Å². The van der Waals surface area contributed by atoms with Crippen molar-refractivity contribution in [1.29, 1.82) is 5.41 Å². The highest BCUT2D eigenvalue weighted by molar-refractivity contribution is 8.00. The van der Waals surface area contributed by atoms with Crippen LogP contribution < -0.4 is 0 Å². The highest BCUT2D eigenvalue weighted by Crippen LogP contribution is 2.24. The molecule has 0 radical (unpaired) electrons. The second-order valence-electron chi connectivity index (χ2n) is 3.74. The molecule has 1 rings (SSSR count). The van der Waals surface area contributed by atoms with Gasteiger partial charge < -0.3 is 5.41 Å². The first-order valence-electron chi connectivity index (χ1n) is 7.98. The summed E-state index contributed by atoms with van der Waals surface area (Å²) in [6.45, 7) is 13.8. The predicted octanol–water partition coefficient (Wildman–Crippen LogP) is 4.38. The number of hydrogen-bond donors (Lipinski definition) is 1. The molecule has 0 aromatic carbocycles. The third kappa shape index (κ3) is 11.5. The lowest BCUT2D eigenvalue weighted by atomic mass is 10.2. The molecule has 1 aliphatic heterocycles. The van der Waals surface area contributed by atoms with Crippen LogP contribution >= 0.6 is 11.8 Å². The molecule has 4 nitrogen and oxygen atoms in total. The van der Waals surface area contributed by atoms with Crippen LogP contribution in [0.1, 0.15) is 67.7 Å². The Morgan fingerprint density at radius 2 is 1.67 bits per heavy atom. The summed E-state index contributed by atoms with van der Waals surface area (Å²) >= 11 is 1.53. The lowest BCUT2D eigenvalue weighted by Gasteiger charge is -2.07. The number of likely N-dealkylation sites (tertiary alicyclic amines) is 1. The summed E-state index contributed by atoms with van der Waals surface area (Å²) < 4.78 is 0. The van der Waals surface area contributed by atoms with Crippen LogP contribution in [0.3, 0.4) is 0 Å². The fourth-order valence-corrected chi connectivity index (χ4v) is 2.57. The molecule has 5 heteroatoms. The molecule has 21 heavy (non-hydrogen) atoms. The largest absolute Gasteiger partial charge is 0.310 e. The van der Waals surface area contributed by atoms with Gasteiger partial charge in [-0.1, -0.05) is 41.5 Å². The molecule has 0 aromatic rings. The van der Waals surface area contributed by atoms with E-state index in [1.54, 1.807) is 6.92 Å². The Balaban J connectivity index is -0.000000478. The Kier molecular flexibility index (Phi) is 20.6. The summed E-state index contributed by atoms with van der Waals surface area (Å²) in [5.74, 6) is 0.686. The molecule has 2 amide bonds. The summed E-state index contributed by atoms with van der Waals surface area (Å²) in [4.78, 5) is 23.9. The number of nitrogens with zero attached hydrogens (tertiary/aromatic N) is 1. The molecule has 1 atom stereocenters. The zero-order valence-corrected chi connectivity index (χ0v) is 15.9. The standard InChI is InChI=1S/C10H16N2O2S.3C2H6/c1-7(11)4-3-5-15-8-6-9(13)12(2)10(8)14;3*1-2/h8,11H,3-6H2,1-2H3;3*1-2H3. The van der Waals surface area contributed by atoms with Crippen molar-refractivity contribution < 1.29 is 9.59 Å². The SMILES string of the molecule is CC.CC.CC.CC(=N)CCCSC1CC(=O)N(C)C1=O. The maximum Gasteiger partial charge on any atom is 0.242 e. The quantitative estimate of drug-likeness (QED) is 0.465. The van der Waals surface area contributed by atoms with E-state index in [-0.39, 0.29) is 17.1 Å². The summed E-state index contributed by atoms with van der Waals surface area (Å²) in [6, 6.07) is 0. The molecule has 0 bridgehead atoms. The number of imide groups is 1. The van der Waals surface area contributed by atoms with Gasteiger partial charge in [0.05, 0.1) is 5.25 Å². The number of nitrogens with one attached hydrogen (secondary N) is 1. The van der Waals surface area contributed by atoms with Crippen molar-refractivity contribution in [3.63, 3.8) is 0 Å². The van der Waals surface area contributed by atoms with Gasteiger partial charge >= 0.3 is 0 Å². The third-order valence-electron chi connectivity index (χ3n) is 2.36. The second kappa shape index (κ2) is 17.2. The Labute approximate surface area is 135 Å². The summed E-state index contributed by atoms with van der Waals surface area (Å²) in [7, 11) is 1.53. The van der Waals surface area contributed by atoms with E-state index in [1.165, 1.54) is 23.7 Å². The lowest BCUT2D eigenvalue weighted by molar-refractivity contribution is -0.136.